The minimum Gasteiger partial charge on any atom is -0.330 e. The van der Waals surface area contributed by atoms with Gasteiger partial charge in [-0.25, -0.2) is 0 Å². The number of aromatic nitrogens is 2. The summed E-state index contributed by atoms with van der Waals surface area (Å²) in [6.45, 7) is 2.09. The molecule has 0 aliphatic rings. The van der Waals surface area contributed by atoms with Crippen molar-refractivity contribution in [2.75, 3.05) is 11.1 Å². The van der Waals surface area contributed by atoms with Crippen molar-refractivity contribution < 1.29 is 0 Å². The summed E-state index contributed by atoms with van der Waals surface area (Å²) < 4.78 is 1.02. The lowest BCUT2D eigenvalue weighted by Gasteiger charge is -2.04. The van der Waals surface area contributed by atoms with Crippen molar-refractivity contribution >= 4 is 33.9 Å². The Morgan fingerprint density at radius 3 is 2.61 bits per heavy atom. The Labute approximate surface area is 145 Å². The van der Waals surface area contributed by atoms with Gasteiger partial charge in [-0.3, -0.25) is 0 Å². The first-order chi connectivity index (χ1) is 11.3. The Morgan fingerprint density at radius 1 is 1.00 bits per heavy atom. The molecule has 0 amide bonds. The minimum atomic E-state index is 0.852. The molecule has 0 atom stereocenters. The molecule has 0 bridgehead atoms. The van der Waals surface area contributed by atoms with Crippen molar-refractivity contribution in [3.63, 3.8) is 0 Å². The first kappa shape index (κ1) is 16.0. The topological polar surface area (TPSA) is 37.8 Å². The van der Waals surface area contributed by atoms with Crippen molar-refractivity contribution in [1.82, 2.24) is 10.2 Å². The quantitative estimate of drug-likeness (QED) is 0.466. The maximum atomic E-state index is 4.26. The molecule has 0 unspecified atom stereocenters. The lowest BCUT2D eigenvalue weighted by molar-refractivity contribution is 0.929. The van der Waals surface area contributed by atoms with Crippen molar-refractivity contribution in [2.24, 2.45) is 0 Å². The van der Waals surface area contributed by atoms with Crippen LogP contribution in [0, 0.1) is 6.92 Å². The number of rotatable bonds is 7. The van der Waals surface area contributed by atoms with Crippen LogP contribution in [0.3, 0.4) is 0 Å². The molecule has 1 aromatic heterocycles. The van der Waals surface area contributed by atoms with Gasteiger partial charge in [0.05, 0.1) is 0 Å². The summed E-state index contributed by atoms with van der Waals surface area (Å²) in [5.41, 5.74) is 3.69. The predicted octanol–water partition coefficient (Wildman–Crippen LogP) is 5.32. The summed E-state index contributed by atoms with van der Waals surface area (Å²) in [7, 11) is 0. The SMILES string of the molecule is Cc1ccccc1Nc1nnc(SCCCc2ccccc2)s1. The molecule has 0 aliphatic carbocycles. The van der Waals surface area contributed by atoms with E-state index in [0.717, 1.165) is 33.8 Å². The molecule has 3 aromatic rings. The number of hydrogen-bond acceptors (Lipinski definition) is 5. The zero-order valence-electron chi connectivity index (χ0n) is 13.0. The Balaban J connectivity index is 1.47. The predicted molar refractivity (Wildman–Crippen MR) is 99.9 cm³/mol. The van der Waals surface area contributed by atoms with Gasteiger partial charge in [-0.2, -0.15) is 0 Å². The van der Waals surface area contributed by atoms with Crippen LogP contribution in [0.4, 0.5) is 10.8 Å². The Morgan fingerprint density at radius 2 is 1.78 bits per heavy atom. The van der Waals surface area contributed by atoms with Crippen LogP contribution in [0.1, 0.15) is 17.5 Å². The van der Waals surface area contributed by atoms with Crippen molar-refractivity contribution in [3.8, 4) is 0 Å². The van der Waals surface area contributed by atoms with Gasteiger partial charge in [-0.1, -0.05) is 71.6 Å². The first-order valence-electron chi connectivity index (χ1n) is 7.64. The molecule has 0 radical (unpaired) electrons. The van der Waals surface area contributed by atoms with Gasteiger partial charge < -0.3 is 5.32 Å². The molecular formula is C18H19N3S2. The molecule has 0 aliphatic heterocycles. The van der Waals surface area contributed by atoms with Gasteiger partial charge in [-0.15, -0.1) is 10.2 Å². The number of nitrogens with one attached hydrogen (secondary N) is 1. The van der Waals surface area contributed by atoms with Crippen molar-refractivity contribution in [3.05, 3.63) is 65.7 Å². The lowest BCUT2D eigenvalue weighted by atomic mass is 10.1. The molecule has 1 heterocycles. The molecule has 0 fully saturated rings. The third-order valence-corrected chi connectivity index (χ3v) is 5.53. The second-order valence-electron chi connectivity index (χ2n) is 5.25. The maximum Gasteiger partial charge on any atom is 0.210 e. The van der Waals surface area contributed by atoms with Crippen LogP contribution < -0.4 is 5.32 Å². The average Bonchev–Trinajstić information content (AvgIpc) is 3.02. The molecule has 0 saturated heterocycles. The van der Waals surface area contributed by atoms with Crippen LogP contribution >= 0.6 is 23.1 Å². The molecule has 3 nitrogen and oxygen atoms in total. The lowest BCUT2D eigenvalue weighted by Crippen LogP contribution is -1.91. The third kappa shape index (κ3) is 4.81. The van der Waals surface area contributed by atoms with Gasteiger partial charge in [0.2, 0.25) is 5.13 Å². The Hall–Kier alpha value is -1.85. The van der Waals surface area contributed by atoms with E-state index in [-0.39, 0.29) is 0 Å². The number of hydrogen-bond donors (Lipinski definition) is 1. The van der Waals surface area contributed by atoms with Crippen LogP contribution in [-0.2, 0) is 6.42 Å². The second-order valence-corrected chi connectivity index (χ2v) is 7.57. The summed E-state index contributed by atoms with van der Waals surface area (Å²) in [6, 6.07) is 18.8. The average molecular weight is 342 g/mol. The normalized spacial score (nSPS) is 10.7. The maximum absolute atomic E-state index is 4.26. The molecule has 23 heavy (non-hydrogen) atoms. The van der Waals surface area contributed by atoms with E-state index in [9.17, 15) is 0 Å². The van der Waals surface area contributed by atoms with Gasteiger partial charge in [-0.05, 0) is 37.0 Å². The highest BCUT2D eigenvalue weighted by Crippen LogP contribution is 2.29. The fraction of sp³-hybridized carbons (Fsp3) is 0.222. The van der Waals surface area contributed by atoms with Gasteiger partial charge in [0.25, 0.3) is 0 Å². The smallest absolute Gasteiger partial charge is 0.210 e. The summed E-state index contributed by atoms with van der Waals surface area (Å²) in [6.07, 6.45) is 2.26. The highest BCUT2D eigenvalue weighted by Gasteiger charge is 2.06. The Bertz CT molecular complexity index is 741. The molecule has 1 N–H and O–H groups in total. The van der Waals surface area contributed by atoms with Gasteiger partial charge in [0, 0.05) is 11.4 Å². The molecule has 0 saturated carbocycles. The van der Waals surface area contributed by atoms with Crippen LogP contribution in [0.25, 0.3) is 0 Å². The fourth-order valence-corrected chi connectivity index (χ4v) is 4.00. The molecule has 118 valence electrons. The number of thioether (sulfide) groups is 1. The van der Waals surface area contributed by atoms with E-state index in [1.165, 1.54) is 11.1 Å². The number of nitrogens with zero attached hydrogens (tertiary/aromatic N) is 2. The molecule has 2 aromatic carbocycles. The van der Waals surface area contributed by atoms with E-state index in [1.54, 1.807) is 23.1 Å². The minimum absolute atomic E-state index is 0.852. The van der Waals surface area contributed by atoms with E-state index in [0.29, 0.717) is 0 Å². The number of aryl methyl sites for hydroxylation is 2. The van der Waals surface area contributed by atoms with E-state index < -0.39 is 0 Å². The van der Waals surface area contributed by atoms with Crippen molar-refractivity contribution in [2.45, 2.75) is 24.1 Å². The largest absolute Gasteiger partial charge is 0.330 e. The zero-order chi connectivity index (χ0) is 15.9. The molecule has 5 heteroatoms. The second kappa shape index (κ2) is 8.13. The highest BCUT2D eigenvalue weighted by atomic mass is 32.2. The van der Waals surface area contributed by atoms with Crippen molar-refractivity contribution in [1.29, 1.82) is 0 Å². The van der Waals surface area contributed by atoms with Gasteiger partial charge >= 0.3 is 0 Å². The molecular weight excluding hydrogens is 322 g/mol. The van der Waals surface area contributed by atoms with E-state index in [2.05, 4.69) is 64.9 Å². The number of anilines is 2. The fourth-order valence-electron chi connectivity index (χ4n) is 2.23. The summed E-state index contributed by atoms with van der Waals surface area (Å²) in [5, 5.41) is 12.7. The monoisotopic (exact) mass is 341 g/mol. The number of benzene rings is 2. The van der Waals surface area contributed by atoms with Crippen LogP contribution in [0.2, 0.25) is 0 Å². The highest BCUT2D eigenvalue weighted by molar-refractivity contribution is 8.01. The summed E-state index contributed by atoms with van der Waals surface area (Å²) in [5.74, 6) is 1.06. The molecule has 0 spiro atoms. The van der Waals surface area contributed by atoms with E-state index in [1.807, 2.05) is 12.1 Å². The standard InChI is InChI=1S/C18H19N3S2/c1-14-8-5-6-12-16(14)19-17-20-21-18(23-17)22-13-7-11-15-9-3-2-4-10-15/h2-6,8-10,12H,7,11,13H2,1H3,(H,19,20). The van der Waals surface area contributed by atoms with E-state index in [4.69, 9.17) is 0 Å². The van der Waals surface area contributed by atoms with Crippen LogP contribution in [0.15, 0.2) is 58.9 Å². The van der Waals surface area contributed by atoms with E-state index >= 15 is 0 Å². The first-order valence-corrected chi connectivity index (χ1v) is 9.44. The van der Waals surface area contributed by atoms with Gasteiger partial charge in [0.1, 0.15) is 0 Å². The van der Waals surface area contributed by atoms with Crippen LogP contribution in [-0.4, -0.2) is 16.0 Å². The van der Waals surface area contributed by atoms with Crippen LogP contribution in [0.5, 0.6) is 0 Å². The van der Waals surface area contributed by atoms with Gasteiger partial charge in [0.15, 0.2) is 4.34 Å². The number of para-hydroxylation sites is 1. The Kier molecular flexibility index (Phi) is 5.66. The molecule has 3 rings (SSSR count). The summed E-state index contributed by atoms with van der Waals surface area (Å²) >= 11 is 3.39. The third-order valence-electron chi connectivity index (χ3n) is 3.47. The zero-order valence-corrected chi connectivity index (χ0v) is 14.7. The summed E-state index contributed by atoms with van der Waals surface area (Å²) in [4.78, 5) is 0.